The van der Waals surface area contributed by atoms with Gasteiger partial charge >= 0.3 is 0 Å². The van der Waals surface area contributed by atoms with Crippen molar-refractivity contribution in [2.24, 2.45) is 0 Å². The zero-order valence-electron chi connectivity index (χ0n) is 15.3. The first-order valence-corrected chi connectivity index (χ1v) is 12.1. The Labute approximate surface area is 159 Å². The third-order valence-electron chi connectivity index (χ3n) is 4.86. The topological polar surface area (TPSA) is 29.5 Å². The molecule has 1 rings (SSSR count). The molecule has 0 aliphatic carbocycles. The van der Waals surface area contributed by atoms with E-state index in [-0.39, 0.29) is 6.61 Å². The van der Waals surface area contributed by atoms with E-state index in [0.29, 0.717) is 23.0 Å². The number of rotatable bonds is 7. The van der Waals surface area contributed by atoms with Gasteiger partial charge in [-0.1, -0.05) is 73.4 Å². The molecule has 0 amide bonds. The fraction of sp³-hybridized carbons (Fsp3) is 0.667. The number of hydrogen-bond donors (Lipinski definition) is 1. The van der Waals surface area contributed by atoms with Crippen LogP contribution in [-0.4, -0.2) is 20.0 Å². The van der Waals surface area contributed by atoms with Gasteiger partial charge in [-0.2, -0.15) is 0 Å². The minimum Gasteiger partial charge on any atom is -0.542 e. The number of aliphatic hydroxyl groups is 1. The van der Waals surface area contributed by atoms with E-state index >= 15 is 0 Å². The van der Waals surface area contributed by atoms with Gasteiger partial charge in [0.15, 0.2) is 0 Å². The number of halogens is 2. The quantitative estimate of drug-likeness (QED) is 0.459. The van der Waals surface area contributed by atoms with Crippen LogP contribution in [0.2, 0.25) is 16.6 Å². The van der Waals surface area contributed by atoms with Crippen molar-refractivity contribution in [2.75, 3.05) is 6.61 Å². The fourth-order valence-corrected chi connectivity index (χ4v) is 10.3. The Morgan fingerprint density at radius 2 is 1.52 bits per heavy atom. The van der Waals surface area contributed by atoms with Crippen LogP contribution in [0.25, 0.3) is 0 Å². The van der Waals surface area contributed by atoms with E-state index in [1.54, 1.807) is 0 Å². The van der Waals surface area contributed by atoms with E-state index in [1.165, 1.54) is 0 Å². The first kappa shape index (κ1) is 21.2. The molecule has 0 spiro atoms. The maximum atomic E-state index is 9.48. The first-order chi connectivity index (χ1) is 10.6. The monoisotopic (exact) mass is 464 g/mol. The second-order valence-electron chi connectivity index (χ2n) is 7.17. The lowest BCUT2D eigenvalue weighted by molar-refractivity contribution is 0.298. The molecule has 2 nitrogen and oxygen atoms in total. The maximum absolute atomic E-state index is 9.48. The molecule has 23 heavy (non-hydrogen) atoms. The van der Waals surface area contributed by atoms with Gasteiger partial charge in [-0.3, -0.25) is 0 Å². The summed E-state index contributed by atoms with van der Waals surface area (Å²) in [4.78, 5) is 0. The zero-order chi connectivity index (χ0) is 17.9. The van der Waals surface area contributed by atoms with Crippen molar-refractivity contribution in [1.82, 2.24) is 0 Å². The van der Waals surface area contributed by atoms with Gasteiger partial charge in [-0.25, -0.2) is 0 Å². The summed E-state index contributed by atoms with van der Waals surface area (Å²) >= 11 is 7.34. The average molecular weight is 466 g/mol. The molecule has 0 atom stereocenters. The SMILES string of the molecule is Cc1c(Br)cc(O[Si](C(C)C)(C(C)C)C(C)C)c(CCO)c1Br. The molecule has 1 aromatic rings. The molecule has 0 aromatic heterocycles. The molecule has 1 N–H and O–H groups in total. The Hall–Kier alpha value is 0.157. The van der Waals surface area contributed by atoms with Gasteiger partial charge in [-0.05, 0) is 35.2 Å². The number of hydrogen-bond acceptors (Lipinski definition) is 2. The normalized spacial score (nSPS) is 12.6. The van der Waals surface area contributed by atoms with Gasteiger partial charge in [0.05, 0.1) is 0 Å². The van der Waals surface area contributed by atoms with Crippen molar-refractivity contribution in [3.63, 3.8) is 0 Å². The Kier molecular flexibility index (Phi) is 7.84. The standard InChI is InChI=1S/C18H30Br2O2Si/c1-11(2)23(12(3)4,13(5)6)22-17-10-16(19)14(7)18(20)15(17)8-9-21/h10-13,21H,8-9H2,1-7H3. The molecule has 0 heterocycles. The molecule has 0 bridgehead atoms. The van der Waals surface area contributed by atoms with Crippen molar-refractivity contribution < 1.29 is 9.53 Å². The average Bonchev–Trinajstić information content (AvgIpc) is 2.44. The van der Waals surface area contributed by atoms with Crippen LogP contribution in [0.1, 0.15) is 52.7 Å². The van der Waals surface area contributed by atoms with Crippen LogP contribution in [0, 0.1) is 6.92 Å². The molecule has 0 radical (unpaired) electrons. The van der Waals surface area contributed by atoms with Crippen LogP contribution in [-0.2, 0) is 6.42 Å². The maximum Gasteiger partial charge on any atom is 0.258 e. The highest BCUT2D eigenvalue weighted by Gasteiger charge is 2.47. The van der Waals surface area contributed by atoms with Crippen molar-refractivity contribution in [2.45, 2.75) is 71.5 Å². The molecule has 0 saturated carbocycles. The molecular formula is C18H30Br2O2Si. The molecule has 0 unspecified atom stereocenters. The highest BCUT2D eigenvalue weighted by molar-refractivity contribution is 9.11. The molecule has 1 aromatic carbocycles. The summed E-state index contributed by atoms with van der Waals surface area (Å²) in [5.41, 5.74) is 3.77. The summed E-state index contributed by atoms with van der Waals surface area (Å²) in [7, 11) is -2.02. The smallest absolute Gasteiger partial charge is 0.258 e. The molecule has 0 fully saturated rings. The predicted octanol–water partition coefficient (Wildman–Crippen LogP) is 6.61. The number of aliphatic hydroxyl groups excluding tert-OH is 1. The van der Waals surface area contributed by atoms with Crippen LogP contribution in [0.5, 0.6) is 5.75 Å². The summed E-state index contributed by atoms with van der Waals surface area (Å²) in [6, 6.07) is 2.08. The summed E-state index contributed by atoms with van der Waals surface area (Å²) < 4.78 is 8.93. The lowest BCUT2D eigenvalue weighted by Crippen LogP contribution is -2.50. The fourth-order valence-electron chi connectivity index (χ4n) is 3.73. The number of benzene rings is 1. The Bertz CT molecular complexity index is 521. The van der Waals surface area contributed by atoms with E-state index in [1.807, 2.05) is 0 Å². The van der Waals surface area contributed by atoms with Crippen LogP contribution in [0.15, 0.2) is 15.0 Å². The van der Waals surface area contributed by atoms with E-state index in [9.17, 15) is 5.11 Å². The van der Waals surface area contributed by atoms with Crippen LogP contribution >= 0.6 is 31.9 Å². The molecule has 0 aliphatic rings. The van der Waals surface area contributed by atoms with Crippen LogP contribution in [0.4, 0.5) is 0 Å². The van der Waals surface area contributed by atoms with Gasteiger partial charge in [0.25, 0.3) is 8.32 Å². The zero-order valence-corrected chi connectivity index (χ0v) is 19.5. The highest BCUT2D eigenvalue weighted by atomic mass is 79.9. The molecule has 132 valence electrons. The van der Waals surface area contributed by atoms with Gasteiger partial charge in [0.1, 0.15) is 5.75 Å². The summed E-state index contributed by atoms with van der Waals surface area (Å²) in [5, 5.41) is 9.48. The predicted molar refractivity (Wildman–Crippen MR) is 109 cm³/mol. The van der Waals surface area contributed by atoms with E-state index in [0.717, 1.165) is 25.8 Å². The Morgan fingerprint density at radius 1 is 1.04 bits per heavy atom. The summed E-state index contributed by atoms with van der Waals surface area (Å²) in [6.45, 7) is 15.9. The Morgan fingerprint density at radius 3 is 1.91 bits per heavy atom. The third kappa shape index (κ3) is 4.23. The van der Waals surface area contributed by atoms with Gasteiger partial charge in [0, 0.05) is 27.5 Å². The molecule has 5 heteroatoms. The third-order valence-corrected chi connectivity index (χ3v) is 12.7. The van der Waals surface area contributed by atoms with Crippen molar-refractivity contribution in [3.8, 4) is 5.75 Å². The summed E-state index contributed by atoms with van der Waals surface area (Å²) in [6.07, 6.45) is 0.600. The Balaban J connectivity index is 3.50. The van der Waals surface area contributed by atoms with E-state index in [4.69, 9.17) is 4.43 Å². The van der Waals surface area contributed by atoms with Crippen LogP contribution in [0.3, 0.4) is 0 Å². The minimum absolute atomic E-state index is 0.121. The van der Waals surface area contributed by atoms with Gasteiger partial charge in [0.2, 0.25) is 0 Å². The van der Waals surface area contributed by atoms with Crippen molar-refractivity contribution in [1.29, 1.82) is 0 Å². The second kappa shape index (κ2) is 8.50. The molecule has 0 saturated heterocycles. The largest absolute Gasteiger partial charge is 0.542 e. The van der Waals surface area contributed by atoms with Crippen molar-refractivity contribution >= 4 is 40.2 Å². The lowest BCUT2D eigenvalue weighted by atomic mass is 10.1. The summed E-state index contributed by atoms with van der Waals surface area (Å²) in [5.74, 6) is 0.922. The molecule has 0 aliphatic heterocycles. The van der Waals surface area contributed by atoms with Crippen molar-refractivity contribution in [3.05, 3.63) is 26.1 Å². The van der Waals surface area contributed by atoms with Gasteiger partial charge in [-0.15, -0.1) is 0 Å². The second-order valence-corrected chi connectivity index (χ2v) is 14.2. The van der Waals surface area contributed by atoms with E-state index in [2.05, 4.69) is 86.4 Å². The molecular weight excluding hydrogens is 436 g/mol. The highest BCUT2D eigenvalue weighted by Crippen LogP contribution is 2.45. The van der Waals surface area contributed by atoms with Gasteiger partial charge < -0.3 is 9.53 Å². The minimum atomic E-state index is -2.02. The first-order valence-electron chi connectivity index (χ1n) is 8.36. The van der Waals surface area contributed by atoms with E-state index < -0.39 is 8.32 Å². The van der Waals surface area contributed by atoms with Crippen LogP contribution < -0.4 is 4.43 Å². The lowest BCUT2D eigenvalue weighted by Gasteiger charge is -2.43.